The van der Waals surface area contributed by atoms with E-state index in [-0.39, 0.29) is 17.1 Å². The minimum absolute atomic E-state index is 0. The van der Waals surface area contributed by atoms with E-state index in [1.165, 1.54) is 0 Å². The predicted molar refractivity (Wildman–Crippen MR) is 44.3 cm³/mol. The summed E-state index contributed by atoms with van der Waals surface area (Å²) in [7, 11) is 0. The second-order valence-corrected chi connectivity index (χ2v) is 3.22. The van der Waals surface area contributed by atoms with Gasteiger partial charge in [-0.05, 0) is 13.3 Å². The first-order chi connectivity index (χ1) is 3.68. The van der Waals surface area contributed by atoms with Crippen LogP contribution >= 0.6 is 15.9 Å². The van der Waals surface area contributed by atoms with Crippen LogP contribution in [-0.2, 0) is 0 Å². The van der Waals surface area contributed by atoms with Crippen molar-refractivity contribution in [2.45, 2.75) is 37.6 Å². The highest BCUT2D eigenvalue weighted by atomic mass is 79.9. The van der Waals surface area contributed by atoms with E-state index in [1.54, 1.807) is 6.92 Å². The molecule has 0 radical (unpaired) electrons. The fraction of sp³-hybridized carbons (Fsp3) is 1.00. The molecule has 0 aliphatic rings. The van der Waals surface area contributed by atoms with Gasteiger partial charge in [0.05, 0.1) is 6.10 Å². The third-order valence-corrected chi connectivity index (χ3v) is 2.31. The molecule has 0 spiro atoms. The van der Waals surface area contributed by atoms with Gasteiger partial charge in [0.1, 0.15) is 0 Å². The van der Waals surface area contributed by atoms with E-state index in [9.17, 15) is 0 Å². The van der Waals surface area contributed by atoms with Crippen LogP contribution < -0.4 is 6.15 Å². The Morgan fingerprint density at radius 2 is 2.00 bits per heavy atom. The Morgan fingerprint density at radius 1 is 1.56 bits per heavy atom. The molecule has 0 amide bonds. The van der Waals surface area contributed by atoms with Crippen molar-refractivity contribution < 1.29 is 5.11 Å². The van der Waals surface area contributed by atoms with Gasteiger partial charge in [-0.25, -0.2) is 0 Å². The zero-order chi connectivity index (χ0) is 6.57. The molecule has 0 aromatic carbocycles. The van der Waals surface area contributed by atoms with Crippen LogP contribution in [0.2, 0.25) is 0 Å². The lowest BCUT2D eigenvalue weighted by atomic mass is 10.2. The molecular formula is C6H16BrNO. The zero-order valence-electron chi connectivity index (χ0n) is 6.10. The van der Waals surface area contributed by atoms with Crippen LogP contribution in [-0.4, -0.2) is 16.0 Å². The Hall–Kier alpha value is 0.400. The fourth-order valence-electron chi connectivity index (χ4n) is 0.517. The van der Waals surface area contributed by atoms with Gasteiger partial charge in [-0.15, -0.1) is 0 Å². The molecule has 0 aromatic heterocycles. The highest BCUT2D eigenvalue weighted by Gasteiger charge is 2.07. The normalized spacial score (nSPS) is 16.0. The molecule has 0 rings (SSSR count). The summed E-state index contributed by atoms with van der Waals surface area (Å²) in [6, 6.07) is 0. The molecule has 4 N–H and O–H groups in total. The third-order valence-electron chi connectivity index (χ3n) is 1.09. The standard InChI is InChI=1S/C6H13BrO.H3N/c1-3-4-6(7)5(2)8;/h5-6,8H,3-4H2,1-2H3;1H3. The van der Waals surface area contributed by atoms with Crippen molar-refractivity contribution in [2.75, 3.05) is 0 Å². The van der Waals surface area contributed by atoms with E-state index in [1.807, 2.05) is 0 Å². The second kappa shape index (κ2) is 6.52. The maximum absolute atomic E-state index is 8.91. The average Bonchev–Trinajstić information content (AvgIpc) is 1.67. The van der Waals surface area contributed by atoms with Crippen LogP contribution in [0.25, 0.3) is 0 Å². The molecular weight excluding hydrogens is 182 g/mol. The van der Waals surface area contributed by atoms with Crippen LogP contribution in [0.15, 0.2) is 0 Å². The van der Waals surface area contributed by atoms with Crippen molar-refractivity contribution in [1.82, 2.24) is 6.15 Å². The number of rotatable bonds is 3. The Balaban J connectivity index is 0. The predicted octanol–water partition coefficient (Wildman–Crippen LogP) is 2.09. The summed E-state index contributed by atoms with van der Waals surface area (Å²) in [4.78, 5) is 0.285. The summed E-state index contributed by atoms with van der Waals surface area (Å²) in [5.74, 6) is 0. The van der Waals surface area contributed by atoms with Gasteiger partial charge in [0, 0.05) is 4.83 Å². The number of aliphatic hydroxyl groups is 1. The molecule has 0 aliphatic carbocycles. The fourth-order valence-corrected chi connectivity index (χ4v) is 0.975. The average molecular weight is 198 g/mol. The topological polar surface area (TPSA) is 55.2 Å². The van der Waals surface area contributed by atoms with E-state index in [2.05, 4.69) is 22.9 Å². The lowest BCUT2D eigenvalue weighted by molar-refractivity contribution is 0.189. The highest BCUT2D eigenvalue weighted by molar-refractivity contribution is 9.09. The van der Waals surface area contributed by atoms with Crippen molar-refractivity contribution >= 4 is 15.9 Å². The number of halogens is 1. The number of aliphatic hydroxyl groups excluding tert-OH is 1. The number of hydrogen-bond acceptors (Lipinski definition) is 2. The van der Waals surface area contributed by atoms with Gasteiger partial charge in [0.25, 0.3) is 0 Å². The molecule has 58 valence electrons. The first-order valence-corrected chi connectivity index (χ1v) is 3.92. The summed E-state index contributed by atoms with van der Waals surface area (Å²) in [6.45, 7) is 3.91. The Kier molecular flexibility index (Phi) is 8.77. The molecule has 0 bridgehead atoms. The summed E-state index contributed by atoms with van der Waals surface area (Å²) >= 11 is 3.35. The van der Waals surface area contributed by atoms with Gasteiger partial charge in [0.15, 0.2) is 0 Å². The van der Waals surface area contributed by atoms with Gasteiger partial charge >= 0.3 is 0 Å². The van der Waals surface area contributed by atoms with Crippen molar-refractivity contribution in [3.05, 3.63) is 0 Å². The van der Waals surface area contributed by atoms with Gasteiger partial charge < -0.3 is 11.3 Å². The molecule has 2 nitrogen and oxygen atoms in total. The lowest BCUT2D eigenvalue weighted by Gasteiger charge is -2.09. The van der Waals surface area contributed by atoms with Crippen molar-refractivity contribution in [3.8, 4) is 0 Å². The number of hydrogen-bond donors (Lipinski definition) is 2. The highest BCUT2D eigenvalue weighted by Crippen LogP contribution is 2.11. The Labute approximate surface area is 65.4 Å². The van der Waals surface area contributed by atoms with Crippen molar-refractivity contribution in [1.29, 1.82) is 0 Å². The van der Waals surface area contributed by atoms with Crippen molar-refractivity contribution in [3.63, 3.8) is 0 Å². The van der Waals surface area contributed by atoms with Crippen LogP contribution in [0.3, 0.4) is 0 Å². The molecule has 0 saturated heterocycles. The van der Waals surface area contributed by atoms with E-state index < -0.39 is 0 Å². The maximum Gasteiger partial charge on any atom is 0.0637 e. The summed E-state index contributed by atoms with van der Waals surface area (Å²) in [6.07, 6.45) is 1.97. The lowest BCUT2D eigenvalue weighted by Crippen LogP contribution is -2.14. The molecule has 0 fully saturated rings. The third kappa shape index (κ3) is 6.28. The monoisotopic (exact) mass is 197 g/mol. The van der Waals surface area contributed by atoms with Crippen LogP contribution in [0.5, 0.6) is 0 Å². The first-order valence-electron chi connectivity index (χ1n) is 3.00. The SMILES string of the molecule is CCCC(Br)C(C)O.N. The van der Waals surface area contributed by atoms with E-state index in [0.717, 1.165) is 12.8 Å². The molecule has 0 saturated carbocycles. The van der Waals surface area contributed by atoms with E-state index >= 15 is 0 Å². The molecule has 2 atom stereocenters. The molecule has 2 unspecified atom stereocenters. The summed E-state index contributed by atoms with van der Waals surface area (Å²) in [5.41, 5.74) is 0. The van der Waals surface area contributed by atoms with E-state index in [0.29, 0.717) is 0 Å². The molecule has 9 heavy (non-hydrogen) atoms. The van der Waals surface area contributed by atoms with E-state index in [4.69, 9.17) is 5.11 Å². The van der Waals surface area contributed by atoms with Crippen LogP contribution in [0.1, 0.15) is 26.7 Å². The Morgan fingerprint density at radius 3 is 2.11 bits per heavy atom. The van der Waals surface area contributed by atoms with Crippen molar-refractivity contribution in [2.24, 2.45) is 0 Å². The molecule has 0 aliphatic heterocycles. The van der Waals surface area contributed by atoms with Gasteiger partial charge in [-0.3, -0.25) is 0 Å². The smallest absolute Gasteiger partial charge is 0.0637 e. The first kappa shape index (κ1) is 12.1. The molecule has 0 heterocycles. The zero-order valence-corrected chi connectivity index (χ0v) is 7.69. The molecule has 0 aromatic rings. The minimum Gasteiger partial charge on any atom is -0.392 e. The van der Waals surface area contributed by atoms with Gasteiger partial charge in [-0.1, -0.05) is 29.3 Å². The van der Waals surface area contributed by atoms with Crippen LogP contribution in [0, 0.1) is 0 Å². The quantitative estimate of drug-likeness (QED) is 0.682. The van der Waals surface area contributed by atoms with Crippen LogP contribution in [0.4, 0.5) is 0 Å². The minimum atomic E-state index is -0.213. The largest absolute Gasteiger partial charge is 0.392 e. The Bertz CT molecular complexity index is 59.0. The second-order valence-electron chi connectivity index (χ2n) is 2.05. The summed E-state index contributed by atoms with van der Waals surface area (Å²) < 4.78 is 0. The summed E-state index contributed by atoms with van der Waals surface area (Å²) in [5, 5.41) is 8.91. The van der Waals surface area contributed by atoms with Gasteiger partial charge in [0.2, 0.25) is 0 Å². The maximum atomic E-state index is 8.91. The number of alkyl halides is 1. The molecule has 3 heteroatoms. The van der Waals surface area contributed by atoms with Gasteiger partial charge in [-0.2, -0.15) is 0 Å².